The van der Waals surface area contributed by atoms with Crippen LogP contribution in [0.15, 0.2) is 51.7 Å². The number of nitrogens with one attached hydrogen (secondary N) is 1. The van der Waals surface area contributed by atoms with Crippen LogP contribution in [-0.4, -0.2) is 60.6 Å². The number of aromatic nitrogens is 1. The molecule has 0 unspecified atom stereocenters. The Hall–Kier alpha value is -3.10. The van der Waals surface area contributed by atoms with Gasteiger partial charge in [0.1, 0.15) is 5.75 Å². The van der Waals surface area contributed by atoms with E-state index >= 15 is 0 Å². The first-order valence-corrected chi connectivity index (χ1v) is 9.90. The SMILES string of the molecule is COc1ccc([C@@H]2CN(CC(=O)Nc3ccc4c(c3)oc(=O)n4C)CCN2C)cc1. The Morgan fingerprint density at radius 2 is 1.93 bits per heavy atom. The van der Waals surface area contributed by atoms with Gasteiger partial charge in [0.15, 0.2) is 5.58 Å². The quantitative estimate of drug-likeness (QED) is 0.694. The normalized spacial score (nSPS) is 17.9. The Kier molecular flexibility index (Phi) is 5.61. The molecule has 1 atom stereocenters. The van der Waals surface area contributed by atoms with E-state index in [0.29, 0.717) is 23.3 Å². The van der Waals surface area contributed by atoms with E-state index in [1.165, 1.54) is 10.1 Å². The monoisotopic (exact) mass is 410 g/mol. The maximum Gasteiger partial charge on any atom is 0.419 e. The van der Waals surface area contributed by atoms with Crippen molar-refractivity contribution in [2.45, 2.75) is 6.04 Å². The minimum Gasteiger partial charge on any atom is -0.497 e. The predicted octanol–water partition coefficient (Wildman–Crippen LogP) is 2.07. The average Bonchev–Trinajstić information content (AvgIpc) is 3.02. The fraction of sp³-hybridized carbons (Fsp3) is 0.364. The van der Waals surface area contributed by atoms with Crippen molar-refractivity contribution in [1.29, 1.82) is 0 Å². The number of ether oxygens (including phenoxy) is 1. The highest BCUT2D eigenvalue weighted by Gasteiger charge is 2.26. The van der Waals surface area contributed by atoms with E-state index in [2.05, 4.69) is 34.3 Å². The number of fused-ring (bicyclic) bond motifs is 1. The number of piperazine rings is 1. The Morgan fingerprint density at radius 3 is 2.67 bits per heavy atom. The number of anilines is 1. The largest absolute Gasteiger partial charge is 0.497 e. The second-order valence-corrected chi connectivity index (χ2v) is 7.66. The maximum absolute atomic E-state index is 12.6. The zero-order valence-corrected chi connectivity index (χ0v) is 17.4. The summed E-state index contributed by atoms with van der Waals surface area (Å²) in [5.41, 5.74) is 2.97. The zero-order chi connectivity index (χ0) is 21.3. The maximum atomic E-state index is 12.6. The van der Waals surface area contributed by atoms with Crippen LogP contribution in [0.1, 0.15) is 11.6 Å². The molecule has 0 bridgehead atoms. The molecule has 0 aliphatic carbocycles. The molecule has 3 aromatic rings. The highest BCUT2D eigenvalue weighted by molar-refractivity contribution is 5.94. The molecule has 4 rings (SSSR count). The fourth-order valence-electron chi connectivity index (χ4n) is 3.88. The van der Waals surface area contributed by atoms with E-state index in [4.69, 9.17) is 9.15 Å². The van der Waals surface area contributed by atoms with E-state index < -0.39 is 5.76 Å². The summed E-state index contributed by atoms with van der Waals surface area (Å²) in [5.74, 6) is 0.320. The minimum atomic E-state index is -0.421. The Balaban J connectivity index is 1.40. The summed E-state index contributed by atoms with van der Waals surface area (Å²) in [6.45, 7) is 2.77. The molecule has 1 aliphatic rings. The van der Waals surface area contributed by atoms with Gasteiger partial charge >= 0.3 is 5.76 Å². The number of amides is 1. The second-order valence-electron chi connectivity index (χ2n) is 7.66. The summed E-state index contributed by atoms with van der Waals surface area (Å²) in [4.78, 5) is 28.7. The van der Waals surface area contributed by atoms with E-state index in [0.717, 1.165) is 25.4 Å². The molecule has 1 aromatic heterocycles. The summed E-state index contributed by atoms with van der Waals surface area (Å²) in [6, 6.07) is 13.5. The molecule has 30 heavy (non-hydrogen) atoms. The van der Waals surface area contributed by atoms with Crippen LogP contribution in [0.25, 0.3) is 11.1 Å². The first kappa shape index (κ1) is 20.2. The van der Waals surface area contributed by atoms with Crippen LogP contribution in [0.3, 0.4) is 0 Å². The molecule has 1 aliphatic heterocycles. The first-order chi connectivity index (χ1) is 14.4. The van der Waals surface area contributed by atoms with Crippen LogP contribution in [0.4, 0.5) is 5.69 Å². The van der Waals surface area contributed by atoms with Gasteiger partial charge in [-0.3, -0.25) is 19.2 Å². The van der Waals surface area contributed by atoms with E-state index in [1.54, 1.807) is 32.4 Å². The molecule has 2 heterocycles. The van der Waals surface area contributed by atoms with Crippen LogP contribution in [0, 0.1) is 0 Å². The molecule has 0 radical (unpaired) electrons. The van der Waals surface area contributed by atoms with Crippen LogP contribution >= 0.6 is 0 Å². The number of carbonyl (C=O) groups excluding carboxylic acids is 1. The molecule has 1 amide bonds. The number of rotatable bonds is 5. The average molecular weight is 410 g/mol. The van der Waals surface area contributed by atoms with Gasteiger partial charge in [-0.05, 0) is 36.9 Å². The molecule has 0 saturated carbocycles. The van der Waals surface area contributed by atoms with Crippen LogP contribution in [0.5, 0.6) is 5.75 Å². The molecule has 0 spiro atoms. The van der Waals surface area contributed by atoms with Gasteiger partial charge < -0.3 is 14.5 Å². The van der Waals surface area contributed by atoms with Gasteiger partial charge in [-0.2, -0.15) is 0 Å². The number of oxazole rings is 1. The van der Waals surface area contributed by atoms with Gasteiger partial charge in [0.2, 0.25) is 5.91 Å². The highest BCUT2D eigenvalue weighted by atomic mass is 16.5. The molecule has 158 valence electrons. The molecule has 8 heteroatoms. The van der Waals surface area contributed by atoms with Crippen molar-refractivity contribution in [2.75, 3.05) is 45.7 Å². The van der Waals surface area contributed by atoms with E-state index in [-0.39, 0.29) is 11.9 Å². The number of nitrogens with zero attached hydrogens (tertiary/aromatic N) is 3. The van der Waals surface area contributed by atoms with Gasteiger partial charge in [-0.25, -0.2) is 4.79 Å². The number of hydrogen-bond donors (Lipinski definition) is 1. The Bertz CT molecular complexity index is 1100. The van der Waals surface area contributed by atoms with Crippen LogP contribution in [-0.2, 0) is 11.8 Å². The zero-order valence-electron chi connectivity index (χ0n) is 17.4. The third-order valence-electron chi connectivity index (χ3n) is 5.68. The standard InChI is InChI=1S/C22H26N4O4/c1-24-10-11-26(13-19(24)15-4-7-17(29-3)8-5-15)14-21(27)23-16-6-9-18-20(12-16)30-22(28)25(18)2/h4-9,12,19H,10-11,13-14H2,1-3H3,(H,23,27)/t19-/m0/s1. The molecule has 8 nitrogen and oxygen atoms in total. The second kappa shape index (κ2) is 8.33. The predicted molar refractivity (Wildman–Crippen MR) is 115 cm³/mol. The van der Waals surface area contributed by atoms with Gasteiger partial charge in [0.25, 0.3) is 0 Å². The van der Waals surface area contributed by atoms with E-state index in [9.17, 15) is 9.59 Å². The third kappa shape index (κ3) is 4.10. The van der Waals surface area contributed by atoms with Crippen LogP contribution in [0.2, 0.25) is 0 Å². The van der Waals surface area contributed by atoms with Crippen molar-refractivity contribution in [3.63, 3.8) is 0 Å². The lowest BCUT2D eigenvalue weighted by molar-refractivity contribution is -0.118. The van der Waals surface area contributed by atoms with E-state index in [1.807, 2.05) is 12.1 Å². The number of aryl methyl sites for hydroxylation is 1. The van der Waals surface area contributed by atoms with Crippen molar-refractivity contribution < 1.29 is 13.9 Å². The van der Waals surface area contributed by atoms with Crippen molar-refractivity contribution in [3.8, 4) is 5.75 Å². The molecule has 1 N–H and O–H groups in total. The van der Waals surface area contributed by atoms with Gasteiger partial charge in [-0.15, -0.1) is 0 Å². The smallest absolute Gasteiger partial charge is 0.419 e. The van der Waals surface area contributed by atoms with Crippen molar-refractivity contribution in [2.24, 2.45) is 7.05 Å². The number of carbonyl (C=O) groups is 1. The molecule has 1 saturated heterocycles. The molecular weight excluding hydrogens is 384 g/mol. The number of hydrogen-bond acceptors (Lipinski definition) is 6. The lowest BCUT2D eigenvalue weighted by atomic mass is 10.0. The molecular formula is C22H26N4O4. The Morgan fingerprint density at radius 1 is 1.17 bits per heavy atom. The van der Waals surface area contributed by atoms with Crippen LogP contribution < -0.4 is 15.8 Å². The van der Waals surface area contributed by atoms with Gasteiger partial charge in [0.05, 0.1) is 19.2 Å². The number of methoxy groups -OCH3 is 1. The summed E-state index contributed by atoms with van der Waals surface area (Å²) in [6.07, 6.45) is 0. The topological polar surface area (TPSA) is 80.0 Å². The van der Waals surface area contributed by atoms with Gasteiger partial charge in [0, 0.05) is 44.5 Å². The van der Waals surface area contributed by atoms with Crippen molar-refractivity contribution in [1.82, 2.24) is 14.4 Å². The molecule has 2 aromatic carbocycles. The molecule has 1 fully saturated rings. The summed E-state index contributed by atoms with van der Waals surface area (Å²) >= 11 is 0. The first-order valence-electron chi connectivity index (χ1n) is 9.90. The lowest BCUT2D eigenvalue weighted by Crippen LogP contribution is -2.48. The van der Waals surface area contributed by atoms with Crippen molar-refractivity contribution >= 4 is 22.7 Å². The minimum absolute atomic E-state index is 0.0920. The third-order valence-corrected chi connectivity index (χ3v) is 5.68. The van der Waals surface area contributed by atoms with Gasteiger partial charge in [-0.1, -0.05) is 12.1 Å². The summed E-state index contributed by atoms with van der Waals surface area (Å²) in [7, 11) is 5.42. The lowest BCUT2D eigenvalue weighted by Gasteiger charge is -2.39. The fourth-order valence-corrected chi connectivity index (χ4v) is 3.88. The van der Waals surface area contributed by atoms with Crippen molar-refractivity contribution in [3.05, 3.63) is 58.6 Å². The number of benzene rings is 2. The Labute approximate surface area is 174 Å². The number of likely N-dealkylation sites (N-methyl/N-ethyl adjacent to an activating group) is 1. The highest BCUT2D eigenvalue weighted by Crippen LogP contribution is 2.26. The summed E-state index contributed by atoms with van der Waals surface area (Å²) < 4.78 is 11.9. The summed E-state index contributed by atoms with van der Waals surface area (Å²) in [5, 5.41) is 2.91.